The summed E-state index contributed by atoms with van der Waals surface area (Å²) in [6.07, 6.45) is 4.29. The third-order valence-corrected chi connectivity index (χ3v) is 5.04. The molecule has 1 amide bonds. The summed E-state index contributed by atoms with van der Waals surface area (Å²) in [7, 11) is 0. The second kappa shape index (κ2) is 11.0. The second-order valence-corrected chi connectivity index (χ2v) is 6.66. The Morgan fingerprint density at radius 3 is 2.94 bits per heavy atom. The minimum absolute atomic E-state index is 0.108. The molecule has 0 bridgehead atoms. The number of nitrogens with two attached hydrogens (primary N) is 1. The molecule has 0 saturated carbocycles. The van der Waals surface area contributed by atoms with E-state index in [4.69, 9.17) is 10.5 Å². The first-order valence-electron chi connectivity index (χ1n) is 6.60. The number of carbonyl (C=O) groups excluding carboxylic acids is 1. The lowest BCUT2D eigenvalue weighted by molar-refractivity contribution is -0.120. The summed E-state index contributed by atoms with van der Waals surface area (Å²) in [6, 6.07) is 0. The fourth-order valence-electron chi connectivity index (χ4n) is 1.65. The number of hydrogen-bond donors (Lipinski definition) is 2. The Morgan fingerprint density at radius 2 is 2.22 bits per heavy atom. The van der Waals surface area contributed by atoms with Crippen molar-refractivity contribution in [1.29, 1.82) is 0 Å². The Bertz CT molecular complexity index is 224. The van der Waals surface area contributed by atoms with E-state index >= 15 is 0 Å². The van der Waals surface area contributed by atoms with Crippen molar-refractivity contribution in [1.82, 2.24) is 5.32 Å². The van der Waals surface area contributed by atoms with E-state index in [0.717, 1.165) is 23.9 Å². The van der Waals surface area contributed by atoms with Gasteiger partial charge in [0.05, 0.1) is 0 Å². The number of ether oxygens (including phenoxy) is 1. The van der Waals surface area contributed by atoms with Crippen molar-refractivity contribution in [2.45, 2.75) is 31.1 Å². The third kappa shape index (κ3) is 8.24. The van der Waals surface area contributed by atoms with Crippen LogP contribution in [0.2, 0.25) is 0 Å². The van der Waals surface area contributed by atoms with Crippen molar-refractivity contribution in [2.75, 3.05) is 37.0 Å². The standard InChI is InChI=1S/C12H24N2O2S2/c13-5-6-14-11(15)4-8-17-9-10-18-12-3-1-2-7-16-12/h12H,1-10,13H2,(H,14,15). The van der Waals surface area contributed by atoms with E-state index in [2.05, 4.69) is 5.32 Å². The first-order chi connectivity index (χ1) is 8.83. The van der Waals surface area contributed by atoms with Crippen molar-refractivity contribution in [3.8, 4) is 0 Å². The molecule has 1 fully saturated rings. The summed E-state index contributed by atoms with van der Waals surface area (Å²) in [4.78, 5) is 11.3. The van der Waals surface area contributed by atoms with Crippen LogP contribution in [-0.4, -0.2) is 48.3 Å². The highest BCUT2D eigenvalue weighted by Crippen LogP contribution is 2.23. The van der Waals surface area contributed by atoms with Crippen LogP contribution in [0.15, 0.2) is 0 Å². The van der Waals surface area contributed by atoms with Crippen LogP contribution in [0.4, 0.5) is 0 Å². The average Bonchev–Trinajstić information content (AvgIpc) is 2.41. The van der Waals surface area contributed by atoms with Gasteiger partial charge >= 0.3 is 0 Å². The zero-order valence-electron chi connectivity index (χ0n) is 10.9. The lowest BCUT2D eigenvalue weighted by Gasteiger charge is -2.21. The molecule has 6 heteroatoms. The van der Waals surface area contributed by atoms with Gasteiger partial charge in [0, 0.05) is 43.4 Å². The van der Waals surface area contributed by atoms with Crippen molar-refractivity contribution in [3.63, 3.8) is 0 Å². The number of carbonyl (C=O) groups is 1. The van der Waals surface area contributed by atoms with Gasteiger partial charge in [-0.1, -0.05) is 0 Å². The highest BCUT2D eigenvalue weighted by Gasteiger charge is 2.13. The highest BCUT2D eigenvalue weighted by atomic mass is 32.2. The molecule has 1 heterocycles. The lowest BCUT2D eigenvalue weighted by atomic mass is 10.2. The average molecular weight is 292 g/mol. The van der Waals surface area contributed by atoms with E-state index in [1.165, 1.54) is 19.3 Å². The van der Waals surface area contributed by atoms with Gasteiger partial charge in [-0.2, -0.15) is 11.8 Å². The Morgan fingerprint density at radius 1 is 1.33 bits per heavy atom. The molecular formula is C12H24N2O2S2. The number of amides is 1. The molecule has 1 unspecified atom stereocenters. The number of thioether (sulfide) groups is 2. The number of hydrogen-bond acceptors (Lipinski definition) is 5. The first-order valence-corrected chi connectivity index (χ1v) is 8.81. The summed E-state index contributed by atoms with van der Waals surface area (Å²) in [5.74, 6) is 3.20. The molecule has 1 aliphatic rings. The molecule has 0 aromatic heterocycles. The molecule has 0 radical (unpaired) electrons. The van der Waals surface area contributed by atoms with Gasteiger partial charge in [0.2, 0.25) is 5.91 Å². The van der Waals surface area contributed by atoms with Gasteiger partial charge in [0.15, 0.2) is 0 Å². The molecule has 0 aromatic rings. The van der Waals surface area contributed by atoms with Gasteiger partial charge < -0.3 is 15.8 Å². The zero-order valence-corrected chi connectivity index (χ0v) is 12.5. The SMILES string of the molecule is NCCNC(=O)CCSCCSC1CCCCO1. The van der Waals surface area contributed by atoms with E-state index in [1.54, 1.807) is 0 Å². The van der Waals surface area contributed by atoms with Gasteiger partial charge in [0.25, 0.3) is 0 Å². The molecule has 3 N–H and O–H groups in total. The van der Waals surface area contributed by atoms with Gasteiger partial charge in [-0.25, -0.2) is 0 Å². The molecule has 4 nitrogen and oxygen atoms in total. The van der Waals surface area contributed by atoms with Crippen molar-refractivity contribution >= 4 is 29.4 Å². The topological polar surface area (TPSA) is 64.3 Å². The smallest absolute Gasteiger partial charge is 0.220 e. The van der Waals surface area contributed by atoms with Crippen LogP contribution < -0.4 is 11.1 Å². The minimum Gasteiger partial charge on any atom is -0.368 e. The zero-order chi connectivity index (χ0) is 13.1. The van der Waals surface area contributed by atoms with Crippen LogP contribution in [0.3, 0.4) is 0 Å². The Hall–Kier alpha value is 0.0900. The number of nitrogens with one attached hydrogen (secondary N) is 1. The van der Waals surface area contributed by atoms with E-state index < -0.39 is 0 Å². The van der Waals surface area contributed by atoms with E-state index in [1.807, 2.05) is 23.5 Å². The monoisotopic (exact) mass is 292 g/mol. The van der Waals surface area contributed by atoms with Crippen LogP contribution in [0.25, 0.3) is 0 Å². The minimum atomic E-state index is 0.108. The Kier molecular flexibility index (Phi) is 9.83. The Balaban J connectivity index is 1.84. The number of rotatable bonds is 9. The summed E-state index contributed by atoms with van der Waals surface area (Å²) < 4.78 is 5.64. The maximum Gasteiger partial charge on any atom is 0.220 e. The van der Waals surface area contributed by atoms with Crippen LogP contribution >= 0.6 is 23.5 Å². The van der Waals surface area contributed by atoms with Gasteiger partial charge in [-0.15, -0.1) is 11.8 Å². The molecule has 106 valence electrons. The molecule has 0 spiro atoms. The Labute approximate surface area is 118 Å². The molecule has 1 atom stereocenters. The van der Waals surface area contributed by atoms with Crippen molar-refractivity contribution < 1.29 is 9.53 Å². The predicted molar refractivity (Wildman–Crippen MR) is 80.1 cm³/mol. The molecule has 1 rings (SSSR count). The largest absolute Gasteiger partial charge is 0.368 e. The molecular weight excluding hydrogens is 268 g/mol. The van der Waals surface area contributed by atoms with Gasteiger partial charge in [-0.3, -0.25) is 4.79 Å². The summed E-state index contributed by atoms with van der Waals surface area (Å²) in [5.41, 5.74) is 5.72. The maximum atomic E-state index is 11.3. The van der Waals surface area contributed by atoms with E-state index in [-0.39, 0.29) is 5.91 Å². The summed E-state index contributed by atoms with van der Waals surface area (Å²) >= 11 is 3.75. The highest BCUT2D eigenvalue weighted by molar-refractivity contribution is 8.03. The first kappa shape index (κ1) is 16.1. The molecule has 18 heavy (non-hydrogen) atoms. The third-order valence-electron chi connectivity index (χ3n) is 2.61. The molecule has 1 aliphatic heterocycles. The molecule has 0 aliphatic carbocycles. The normalized spacial score (nSPS) is 19.7. The fraction of sp³-hybridized carbons (Fsp3) is 0.917. The van der Waals surface area contributed by atoms with Crippen LogP contribution in [0, 0.1) is 0 Å². The van der Waals surface area contributed by atoms with Crippen LogP contribution in [0.1, 0.15) is 25.7 Å². The van der Waals surface area contributed by atoms with Crippen LogP contribution in [0.5, 0.6) is 0 Å². The predicted octanol–water partition coefficient (Wildman–Crippen LogP) is 1.44. The van der Waals surface area contributed by atoms with E-state index in [0.29, 0.717) is 24.9 Å². The summed E-state index contributed by atoms with van der Waals surface area (Å²) in [6.45, 7) is 2.02. The van der Waals surface area contributed by atoms with Gasteiger partial charge in [0.1, 0.15) is 5.44 Å². The second-order valence-electron chi connectivity index (χ2n) is 4.17. The quantitative estimate of drug-likeness (QED) is 0.630. The van der Waals surface area contributed by atoms with Crippen molar-refractivity contribution in [2.24, 2.45) is 5.73 Å². The summed E-state index contributed by atoms with van der Waals surface area (Å²) in [5, 5.41) is 2.77. The van der Waals surface area contributed by atoms with Crippen LogP contribution in [-0.2, 0) is 9.53 Å². The fourth-order valence-corrected chi connectivity index (χ4v) is 3.83. The lowest BCUT2D eigenvalue weighted by Crippen LogP contribution is -2.29. The molecule has 0 aromatic carbocycles. The van der Waals surface area contributed by atoms with Gasteiger partial charge in [-0.05, 0) is 19.3 Å². The molecule has 1 saturated heterocycles. The van der Waals surface area contributed by atoms with Crippen molar-refractivity contribution in [3.05, 3.63) is 0 Å². The van der Waals surface area contributed by atoms with E-state index in [9.17, 15) is 4.79 Å². The maximum absolute atomic E-state index is 11.3.